The summed E-state index contributed by atoms with van der Waals surface area (Å²) >= 11 is 0. The van der Waals surface area contributed by atoms with E-state index in [4.69, 9.17) is 0 Å². The van der Waals surface area contributed by atoms with E-state index in [9.17, 15) is 14.7 Å². The van der Waals surface area contributed by atoms with E-state index in [1.807, 2.05) is 13.0 Å². The van der Waals surface area contributed by atoms with Gasteiger partial charge >= 0.3 is 0 Å². The topological polar surface area (TPSA) is 57.2 Å². The molecule has 80 valence electrons. The molecule has 0 aromatic heterocycles. The molecule has 0 radical (unpaired) electrons. The molecule has 0 amide bonds. The smallest absolute Gasteiger partial charge is 0.171 e. The number of hydrogen-bond donors (Lipinski definition) is 0. The zero-order chi connectivity index (χ0) is 11.4. The number of aliphatic carboxylic acids is 1. The summed E-state index contributed by atoms with van der Waals surface area (Å²) in [5.41, 5.74) is 1.38. The minimum Gasteiger partial charge on any atom is -0.549 e. The van der Waals surface area contributed by atoms with Crippen molar-refractivity contribution in [3.8, 4) is 0 Å². The summed E-state index contributed by atoms with van der Waals surface area (Å²) in [5, 5.41) is 10.7. The van der Waals surface area contributed by atoms with Crippen LogP contribution in [0.5, 0.6) is 0 Å². The van der Waals surface area contributed by atoms with Gasteiger partial charge in [0, 0.05) is 5.56 Å². The molecule has 3 nitrogen and oxygen atoms in total. The summed E-state index contributed by atoms with van der Waals surface area (Å²) in [7, 11) is 0. The molecule has 0 saturated carbocycles. The van der Waals surface area contributed by atoms with E-state index in [-0.39, 0.29) is 12.2 Å². The molecule has 1 aromatic carbocycles. The van der Waals surface area contributed by atoms with Crippen LogP contribution in [0.4, 0.5) is 0 Å². The van der Waals surface area contributed by atoms with Gasteiger partial charge in [-0.15, -0.1) is 0 Å². The van der Waals surface area contributed by atoms with E-state index in [0.29, 0.717) is 5.56 Å². The van der Waals surface area contributed by atoms with Crippen LogP contribution < -0.4 is 5.11 Å². The molecule has 1 aromatic rings. The van der Waals surface area contributed by atoms with E-state index in [1.54, 1.807) is 25.1 Å². The number of carboxylic acids is 1. The van der Waals surface area contributed by atoms with Crippen molar-refractivity contribution >= 4 is 11.8 Å². The second-order valence-corrected chi connectivity index (χ2v) is 3.51. The lowest BCUT2D eigenvalue weighted by atomic mass is 9.95. The maximum atomic E-state index is 11.7. The summed E-state index contributed by atoms with van der Waals surface area (Å²) < 4.78 is 0. The number of ketones is 1. The minimum absolute atomic E-state index is 0.259. The predicted octanol–water partition coefficient (Wildman–Crippen LogP) is 0.954. The molecule has 1 rings (SSSR count). The van der Waals surface area contributed by atoms with Gasteiger partial charge in [-0.25, -0.2) is 0 Å². The van der Waals surface area contributed by atoms with E-state index >= 15 is 0 Å². The molecular formula is C12H13O3-. The first-order valence-corrected chi connectivity index (χ1v) is 4.88. The van der Waals surface area contributed by atoms with Crippen molar-refractivity contribution in [2.45, 2.75) is 20.3 Å². The number of rotatable bonds is 4. The highest BCUT2D eigenvalue weighted by Crippen LogP contribution is 2.13. The highest BCUT2D eigenvalue weighted by molar-refractivity contribution is 6.07. The largest absolute Gasteiger partial charge is 0.549 e. The van der Waals surface area contributed by atoms with Crippen LogP contribution in [0.25, 0.3) is 0 Å². The SMILES string of the molecule is CCC(C(=O)[O-])C(=O)c1cccc(C)c1. The molecule has 15 heavy (non-hydrogen) atoms. The average molecular weight is 205 g/mol. The number of carbonyl (C=O) groups is 2. The third-order valence-electron chi connectivity index (χ3n) is 2.31. The Morgan fingerprint density at radius 1 is 1.40 bits per heavy atom. The Labute approximate surface area is 88.7 Å². The van der Waals surface area contributed by atoms with E-state index in [0.717, 1.165) is 5.56 Å². The Morgan fingerprint density at radius 2 is 2.07 bits per heavy atom. The van der Waals surface area contributed by atoms with Gasteiger partial charge in [-0.05, 0) is 19.4 Å². The van der Waals surface area contributed by atoms with Gasteiger partial charge in [0.2, 0.25) is 0 Å². The third kappa shape index (κ3) is 2.65. The van der Waals surface area contributed by atoms with Crippen LogP contribution in [0.2, 0.25) is 0 Å². The zero-order valence-corrected chi connectivity index (χ0v) is 8.82. The van der Waals surface area contributed by atoms with Crippen LogP contribution in [-0.2, 0) is 4.79 Å². The number of carbonyl (C=O) groups excluding carboxylic acids is 2. The van der Waals surface area contributed by atoms with E-state index < -0.39 is 11.9 Å². The van der Waals surface area contributed by atoms with E-state index in [1.165, 1.54) is 0 Å². The Kier molecular flexibility index (Phi) is 3.61. The van der Waals surface area contributed by atoms with Crippen LogP contribution in [0.15, 0.2) is 24.3 Å². The van der Waals surface area contributed by atoms with Gasteiger partial charge in [-0.1, -0.05) is 30.7 Å². The standard InChI is InChI=1S/C12H14O3/c1-3-10(12(14)15)11(13)9-6-4-5-8(2)7-9/h4-7,10H,3H2,1-2H3,(H,14,15)/p-1. The van der Waals surface area contributed by atoms with Gasteiger partial charge in [-0.2, -0.15) is 0 Å². The maximum Gasteiger partial charge on any atom is 0.171 e. The van der Waals surface area contributed by atoms with Gasteiger partial charge in [-0.3, -0.25) is 4.79 Å². The van der Waals surface area contributed by atoms with Crippen molar-refractivity contribution in [2.24, 2.45) is 5.92 Å². The second-order valence-electron chi connectivity index (χ2n) is 3.51. The summed E-state index contributed by atoms with van der Waals surface area (Å²) in [6, 6.07) is 6.91. The summed E-state index contributed by atoms with van der Waals surface area (Å²) in [5.74, 6) is -2.71. The highest BCUT2D eigenvalue weighted by atomic mass is 16.4. The average Bonchev–Trinajstić information content (AvgIpc) is 2.18. The van der Waals surface area contributed by atoms with Gasteiger partial charge < -0.3 is 9.90 Å². The fourth-order valence-corrected chi connectivity index (χ4v) is 1.46. The molecule has 0 N–H and O–H groups in total. The Bertz CT molecular complexity index is 382. The number of benzene rings is 1. The molecule has 0 aliphatic heterocycles. The van der Waals surface area contributed by atoms with Crippen molar-refractivity contribution in [1.29, 1.82) is 0 Å². The van der Waals surface area contributed by atoms with Crippen molar-refractivity contribution in [3.63, 3.8) is 0 Å². The first-order valence-electron chi connectivity index (χ1n) is 4.88. The van der Waals surface area contributed by atoms with Gasteiger partial charge in [0.25, 0.3) is 0 Å². The number of aryl methyl sites for hydroxylation is 1. The molecule has 0 spiro atoms. The molecule has 0 saturated heterocycles. The summed E-state index contributed by atoms with van der Waals surface area (Å²) in [6.45, 7) is 3.52. The second kappa shape index (κ2) is 4.73. The minimum atomic E-state index is -1.30. The molecule has 0 aliphatic rings. The number of Topliss-reactive ketones (excluding diaryl/α,β-unsaturated/α-hetero) is 1. The lowest BCUT2D eigenvalue weighted by Crippen LogP contribution is -2.36. The first-order chi connectivity index (χ1) is 7.06. The summed E-state index contributed by atoms with van der Waals surface area (Å²) in [6.07, 6.45) is 0.259. The zero-order valence-electron chi connectivity index (χ0n) is 8.82. The Balaban J connectivity index is 2.98. The molecular weight excluding hydrogens is 192 g/mol. The van der Waals surface area contributed by atoms with Crippen LogP contribution in [0, 0.1) is 12.8 Å². The monoisotopic (exact) mass is 205 g/mol. The highest BCUT2D eigenvalue weighted by Gasteiger charge is 2.19. The van der Waals surface area contributed by atoms with Crippen molar-refractivity contribution < 1.29 is 14.7 Å². The van der Waals surface area contributed by atoms with E-state index in [2.05, 4.69) is 0 Å². The molecule has 0 fully saturated rings. The molecule has 0 heterocycles. The molecule has 1 atom stereocenters. The maximum absolute atomic E-state index is 11.7. The van der Waals surface area contributed by atoms with Crippen LogP contribution in [0.1, 0.15) is 29.3 Å². The van der Waals surface area contributed by atoms with Crippen molar-refractivity contribution in [1.82, 2.24) is 0 Å². The van der Waals surface area contributed by atoms with Crippen LogP contribution in [0.3, 0.4) is 0 Å². The third-order valence-corrected chi connectivity index (χ3v) is 2.31. The fraction of sp³-hybridized carbons (Fsp3) is 0.333. The Hall–Kier alpha value is -1.64. The molecule has 1 unspecified atom stereocenters. The van der Waals surface area contributed by atoms with Gasteiger partial charge in [0.05, 0.1) is 11.9 Å². The van der Waals surface area contributed by atoms with Gasteiger partial charge in [0.1, 0.15) is 0 Å². The normalized spacial score (nSPS) is 12.1. The lowest BCUT2D eigenvalue weighted by Gasteiger charge is -2.14. The van der Waals surface area contributed by atoms with Crippen molar-refractivity contribution in [3.05, 3.63) is 35.4 Å². The number of hydrogen-bond acceptors (Lipinski definition) is 3. The summed E-state index contributed by atoms with van der Waals surface area (Å²) in [4.78, 5) is 22.4. The molecule has 0 bridgehead atoms. The van der Waals surface area contributed by atoms with Crippen LogP contribution >= 0.6 is 0 Å². The fourth-order valence-electron chi connectivity index (χ4n) is 1.46. The molecule has 0 aliphatic carbocycles. The predicted molar refractivity (Wildman–Crippen MR) is 54.3 cm³/mol. The van der Waals surface area contributed by atoms with Crippen molar-refractivity contribution in [2.75, 3.05) is 0 Å². The number of carboxylic acid groups (broad SMARTS) is 1. The first kappa shape index (κ1) is 11.4. The lowest BCUT2D eigenvalue weighted by molar-refractivity contribution is -0.309. The van der Waals surface area contributed by atoms with Gasteiger partial charge in [0.15, 0.2) is 5.78 Å². The Morgan fingerprint density at radius 3 is 2.53 bits per heavy atom. The molecule has 3 heteroatoms. The van der Waals surface area contributed by atoms with Crippen LogP contribution in [-0.4, -0.2) is 11.8 Å². The quantitative estimate of drug-likeness (QED) is 0.543.